The lowest BCUT2D eigenvalue weighted by Crippen LogP contribution is -2.45. The minimum Gasteiger partial charge on any atom is -0.297 e. The van der Waals surface area contributed by atoms with Crippen molar-refractivity contribution in [2.45, 2.75) is 19.3 Å². The van der Waals surface area contributed by atoms with E-state index in [4.69, 9.17) is 0 Å². The molecule has 0 atom stereocenters. The molecule has 0 unspecified atom stereocenters. The molecule has 3 nitrogen and oxygen atoms in total. The van der Waals surface area contributed by atoms with E-state index in [1.165, 1.54) is 12.1 Å². The molecule has 1 aliphatic heterocycles. The third-order valence-electron chi connectivity index (χ3n) is 4.30. The highest BCUT2D eigenvalue weighted by Gasteiger charge is 2.30. The number of pyridine rings is 1. The summed E-state index contributed by atoms with van der Waals surface area (Å²) in [5, 5.41) is 0. The van der Waals surface area contributed by atoms with Crippen molar-refractivity contribution in [2.75, 3.05) is 26.2 Å². The van der Waals surface area contributed by atoms with Crippen LogP contribution in [-0.4, -0.2) is 41.0 Å². The topological polar surface area (TPSA) is 19.4 Å². The molecule has 0 saturated carbocycles. The van der Waals surface area contributed by atoms with E-state index in [0.29, 0.717) is 18.8 Å². The number of halogens is 4. The van der Waals surface area contributed by atoms with Crippen molar-refractivity contribution in [1.29, 1.82) is 0 Å². The lowest BCUT2D eigenvalue weighted by Gasteiger charge is -2.34. The lowest BCUT2D eigenvalue weighted by atomic mass is 10.2. The number of alkyl halides is 3. The Morgan fingerprint density at radius 1 is 0.920 bits per heavy atom. The summed E-state index contributed by atoms with van der Waals surface area (Å²) in [5.74, 6) is -0.232. The van der Waals surface area contributed by atoms with E-state index in [2.05, 4.69) is 14.8 Å². The van der Waals surface area contributed by atoms with E-state index >= 15 is 0 Å². The van der Waals surface area contributed by atoms with Crippen molar-refractivity contribution >= 4 is 0 Å². The highest BCUT2D eigenvalue weighted by molar-refractivity contribution is 5.17. The molecule has 1 aromatic carbocycles. The van der Waals surface area contributed by atoms with Crippen molar-refractivity contribution in [3.63, 3.8) is 0 Å². The van der Waals surface area contributed by atoms with Gasteiger partial charge >= 0.3 is 6.18 Å². The van der Waals surface area contributed by atoms with Crippen LogP contribution in [0.3, 0.4) is 0 Å². The Bertz CT molecular complexity index is 692. The van der Waals surface area contributed by atoms with E-state index in [-0.39, 0.29) is 5.82 Å². The summed E-state index contributed by atoms with van der Waals surface area (Å²) in [4.78, 5) is 8.32. The van der Waals surface area contributed by atoms with Crippen LogP contribution >= 0.6 is 0 Å². The molecular weight excluding hydrogens is 334 g/mol. The number of piperazine rings is 1. The van der Waals surface area contributed by atoms with Gasteiger partial charge < -0.3 is 0 Å². The second kappa shape index (κ2) is 7.49. The predicted octanol–water partition coefficient (Wildman–Crippen LogP) is 3.56. The smallest absolute Gasteiger partial charge is 0.297 e. The molecule has 0 bridgehead atoms. The standard InChI is InChI=1S/C18H19F4N3/c19-16-3-1-2-14(10-16)12-24-6-8-25(9-7-24)13-17-5-4-15(11-23-17)18(20,21)22/h1-5,10-11H,6-9,12-13H2. The third-order valence-corrected chi connectivity index (χ3v) is 4.30. The summed E-state index contributed by atoms with van der Waals surface area (Å²) in [7, 11) is 0. The van der Waals surface area contributed by atoms with Gasteiger partial charge in [0.2, 0.25) is 0 Å². The fourth-order valence-corrected chi connectivity index (χ4v) is 2.91. The van der Waals surface area contributed by atoms with Gasteiger partial charge in [-0.2, -0.15) is 13.2 Å². The molecule has 1 fully saturated rings. The van der Waals surface area contributed by atoms with E-state index in [0.717, 1.165) is 44.0 Å². The maximum Gasteiger partial charge on any atom is 0.417 e. The van der Waals surface area contributed by atoms with Gasteiger partial charge in [0.05, 0.1) is 11.3 Å². The molecule has 1 saturated heterocycles. The second-order valence-corrected chi connectivity index (χ2v) is 6.22. The van der Waals surface area contributed by atoms with E-state index in [1.807, 2.05) is 6.07 Å². The summed E-state index contributed by atoms with van der Waals surface area (Å²) in [6.45, 7) is 4.50. The molecule has 3 rings (SSSR count). The molecule has 0 radical (unpaired) electrons. The van der Waals surface area contributed by atoms with Crippen molar-refractivity contribution < 1.29 is 17.6 Å². The van der Waals surface area contributed by atoms with Crippen LogP contribution in [0.15, 0.2) is 42.6 Å². The normalized spacial score (nSPS) is 17.0. The highest BCUT2D eigenvalue weighted by Crippen LogP contribution is 2.28. The predicted molar refractivity (Wildman–Crippen MR) is 86.2 cm³/mol. The molecule has 0 spiro atoms. The zero-order chi connectivity index (χ0) is 17.9. The van der Waals surface area contributed by atoms with Gasteiger partial charge in [0.1, 0.15) is 5.82 Å². The minimum atomic E-state index is -4.35. The van der Waals surface area contributed by atoms with Gasteiger partial charge in [-0.25, -0.2) is 4.39 Å². The zero-order valence-electron chi connectivity index (χ0n) is 13.6. The Labute approximate surface area is 143 Å². The molecule has 25 heavy (non-hydrogen) atoms. The average molecular weight is 353 g/mol. The van der Waals surface area contributed by atoms with Gasteiger partial charge in [-0.3, -0.25) is 14.8 Å². The fraction of sp³-hybridized carbons (Fsp3) is 0.389. The van der Waals surface area contributed by atoms with Crippen LogP contribution in [0.2, 0.25) is 0 Å². The molecule has 1 aromatic heterocycles. The first-order valence-electron chi connectivity index (χ1n) is 8.11. The van der Waals surface area contributed by atoms with Gasteiger partial charge in [-0.05, 0) is 29.8 Å². The number of hydrogen-bond acceptors (Lipinski definition) is 3. The Hall–Kier alpha value is -1.99. The Morgan fingerprint density at radius 2 is 1.60 bits per heavy atom. The molecule has 0 aliphatic carbocycles. The SMILES string of the molecule is Fc1cccc(CN2CCN(Cc3ccc(C(F)(F)F)cn3)CC2)c1. The highest BCUT2D eigenvalue weighted by atomic mass is 19.4. The van der Waals surface area contributed by atoms with Crippen LogP contribution in [0.4, 0.5) is 17.6 Å². The molecule has 134 valence electrons. The monoisotopic (exact) mass is 353 g/mol. The van der Waals surface area contributed by atoms with Gasteiger partial charge in [0, 0.05) is 45.5 Å². The van der Waals surface area contributed by atoms with Crippen LogP contribution < -0.4 is 0 Å². The minimum absolute atomic E-state index is 0.232. The molecule has 2 heterocycles. The summed E-state index contributed by atoms with van der Waals surface area (Å²) in [5.41, 5.74) is 0.848. The first kappa shape index (κ1) is 17.8. The van der Waals surface area contributed by atoms with E-state index in [9.17, 15) is 17.6 Å². The first-order chi connectivity index (χ1) is 11.9. The molecule has 0 N–H and O–H groups in total. The van der Waals surface area contributed by atoms with Crippen LogP contribution in [0, 0.1) is 5.82 Å². The van der Waals surface area contributed by atoms with Gasteiger partial charge in [-0.1, -0.05) is 12.1 Å². The van der Waals surface area contributed by atoms with E-state index < -0.39 is 11.7 Å². The molecular formula is C18H19F4N3. The van der Waals surface area contributed by atoms with Gasteiger partial charge in [0.25, 0.3) is 0 Å². The fourth-order valence-electron chi connectivity index (χ4n) is 2.91. The summed E-state index contributed by atoms with van der Waals surface area (Å²) in [6, 6.07) is 9.08. The van der Waals surface area contributed by atoms with Crippen LogP contribution in [-0.2, 0) is 19.3 Å². The molecule has 7 heteroatoms. The van der Waals surface area contributed by atoms with Gasteiger partial charge in [-0.15, -0.1) is 0 Å². The number of nitrogens with zero attached hydrogens (tertiary/aromatic N) is 3. The summed E-state index contributed by atoms with van der Waals surface area (Å²) < 4.78 is 50.9. The van der Waals surface area contributed by atoms with Crippen molar-refractivity contribution in [1.82, 2.24) is 14.8 Å². The van der Waals surface area contributed by atoms with E-state index in [1.54, 1.807) is 12.1 Å². The Morgan fingerprint density at radius 3 is 2.16 bits per heavy atom. The lowest BCUT2D eigenvalue weighted by molar-refractivity contribution is -0.137. The summed E-state index contributed by atoms with van der Waals surface area (Å²) in [6.07, 6.45) is -3.47. The summed E-state index contributed by atoms with van der Waals surface area (Å²) >= 11 is 0. The average Bonchev–Trinajstić information content (AvgIpc) is 2.56. The second-order valence-electron chi connectivity index (χ2n) is 6.22. The molecule has 0 amide bonds. The largest absolute Gasteiger partial charge is 0.417 e. The third kappa shape index (κ3) is 4.99. The maximum absolute atomic E-state index is 13.2. The van der Waals surface area contributed by atoms with Crippen LogP contribution in [0.5, 0.6) is 0 Å². The Kier molecular flexibility index (Phi) is 5.34. The first-order valence-corrected chi connectivity index (χ1v) is 8.11. The van der Waals surface area contributed by atoms with Crippen LogP contribution in [0.1, 0.15) is 16.8 Å². The molecule has 2 aromatic rings. The zero-order valence-corrected chi connectivity index (χ0v) is 13.6. The number of hydrogen-bond donors (Lipinski definition) is 0. The maximum atomic E-state index is 13.2. The van der Waals surface area contributed by atoms with Gasteiger partial charge in [0.15, 0.2) is 0 Å². The number of aromatic nitrogens is 1. The van der Waals surface area contributed by atoms with Crippen molar-refractivity contribution in [3.05, 3.63) is 65.2 Å². The number of benzene rings is 1. The van der Waals surface area contributed by atoms with Crippen molar-refractivity contribution in [3.8, 4) is 0 Å². The molecule has 1 aliphatic rings. The van der Waals surface area contributed by atoms with Crippen LogP contribution in [0.25, 0.3) is 0 Å². The van der Waals surface area contributed by atoms with Crippen molar-refractivity contribution in [2.24, 2.45) is 0 Å². The Balaban J connectivity index is 1.49. The quantitative estimate of drug-likeness (QED) is 0.784. The number of rotatable bonds is 4.